The van der Waals surface area contributed by atoms with Gasteiger partial charge in [0.1, 0.15) is 12.1 Å². The maximum Gasteiger partial charge on any atom is 0.240 e. The van der Waals surface area contributed by atoms with Gasteiger partial charge in [0.25, 0.3) is 0 Å². The first-order chi connectivity index (χ1) is 8.54. The number of aromatic nitrogens is 2. The summed E-state index contributed by atoms with van der Waals surface area (Å²) in [5, 5.41) is 2.55. The Bertz CT molecular complexity index is 609. The van der Waals surface area contributed by atoms with Crippen LogP contribution in [0.5, 0.6) is 0 Å². The average molecular weight is 254 g/mol. The van der Waals surface area contributed by atoms with Crippen molar-refractivity contribution in [3.63, 3.8) is 0 Å². The van der Waals surface area contributed by atoms with E-state index in [4.69, 9.17) is 5.73 Å². The SMILES string of the molecule is CCNC(=O)Cn1c(N)nc2ccc(F)c(F)c21. The number of nitrogens with zero attached hydrogens (tertiary/aromatic N) is 2. The van der Waals surface area contributed by atoms with E-state index in [1.54, 1.807) is 6.92 Å². The summed E-state index contributed by atoms with van der Waals surface area (Å²) in [4.78, 5) is 15.4. The van der Waals surface area contributed by atoms with E-state index in [1.165, 1.54) is 6.07 Å². The van der Waals surface area contributed by atoms with Crippen molar-refractivity contribution in [2.24, 2.45) is 0 Å². The van der Waals surface area contributed by atoms with Gasteiger partial charge in [0, 0.05) is 6.54 Å². The molecule has 0 fully saturated rings. The summed E-state index contributed by atoms with van der Waals surface area (Å²) in [6, 6.07) is 2.29. The normalized spacial score (nSPS) is 10.8. The van der Waals surface area contributed by atoms with Gasteiger partial charge in [-0.2, -0.15) is 0 Å². The highest BCUT2D eigenvalue weighted by molar-refractivity contribution is 5.83. The summed E-state index contributed by atoms with van der Waals surface area (Å²) in [5.74, 6) is -2.42. The number of imidazole rings is 1. The monoisotopic (exact) mass is 254 g/mol. The number of amides is 1. The number of nitrogens with two attached hydrogens (primary N) is 1. The smallest absolute Gasteiger partial charge is 0.240 e. The zero-order chi connectivity index (χ0) is 13.3. The predicted octanol–water partition coefficient (Wildman–Crippen LogP) is 1.03. The third kappa shape index (κ3) is 1.99. The Labute approximate surface area is 102 Å². The molecule has 1 amide bonds. The molecule has 7 heteroatoms. The van der Waals surface area contributed by atoms with Crippen molar-refractivity contribution in [2.45, 2.75) is 13.5 Å². The molecule has 1 aromatic heterocycles. The number of hydrogen-bond donors (Lipinski definition) is 2. The van der Waals surface area contributed by atoms with E-state index in [0.29, 0.717) is 6.54 Å². The first-order valence-electron chi connectivity index (χ1n) is 5.41. The first-order valence-corrected chi connectivity index (χ1v) is 5.41. The van der Waals surface area contributed by atoms with Gasteiger partial charge in [-0.3, -0.25) is 9.36 Å². The molecular weight excluding hydrogens is 242 g/mol. The summed E-state index contributed by atoms with van der Waals surface area (Å²) in [5.41, 5.74) is 5.72. The van der Waals surface area contributed by atoms with Crippen LogP contribution in [0.15, 0.2) is 12.1 Å². The molecule has 0 saturated carbocycles. The highest BCUT2D eigenvalue weighted by atomic mass is 19.2. The number of carbonyl (C=O) groups is 1. The highest BCUT2D eigenvalue weighted by Crippen LogP contribution is 2.22. The Hall–Kier alpha value is -2.18. The summed E-state index contributed by atoms with van der Waals surface area (Å²) in [6.07, 6.45) is 0. The van der Waals surface area contributed by atoms with Crippen LogP contribution in [0, 0.1) is 11.6 Å². The fourth-order valence-corrected chi connectivity index (χ4v) is 1.73. The van der Waals surface area contributed by atoms with Crippen molar-refractivity contribution in [3.8, 4) is 0 Å². The minimum Gasteiger partial charge on any atom is -0.369 e. The molecule has 0 aliphatic carbocycles. The molecule has 2 rings (SSSR count). The van der Waals surface area contributed by atoms with Crippen LogP contribution in [0.25, 0.3) is 11.0 Å². The van der Waals surface area contributed by atoms with E-state index >= 15 is 0 Å². The zero-order valence-electron chi connectivity index (χ0n) is 9.70. The lowest BCUT2D eigenvalue weighted by Crippen LogP contribution is -2.27. The van der Waals surface area contributed by atoms with Crippen LogP contribution in [-0.2, 0) is 11.3 Å². The Kier molecular flexibility index (Phi) is 3.14. The van der Waals surface area contributed by atoms with Crippen LogP contribution in [0.3, 0.4) is 0 Å². The van der Waals surface area contributed by atoms with Crippen LogP contribution < -0.4 is 11.1 Å². The molecule has 0 aliphatic rings. The fraction of sp³-hybridized carbons (Fsp3) is 0.273. The average Bonchev–Trinajstić information content (AvgIpc) is 2.62. The second kappa shape index (κ2) is 4.59. The molecule has 0 saturated heterocycles. The topological polar surface area (TPSA) is 72.9 Å². The molecule has 0 bridgehead atoms. The first kappa shape index (κ1) is 12.3. The molecule has 96 valence electrons. The van der Waals surface area contributed by atoms with Crippen molar-refractivity contribution in [2.75, 3.05) is 12.3 Å². The molecule has 1 aromatic carbocycles. The van der Waals surface area contributed by atoms with Gasteiger partial charge >= 0.3 is 0 Å². The van der Waals surface area contributed by atoms with Crippen molar-refractivity contribution in [1.82, 2.24) is 14.9 Å². The quantitative estimate of drug-likeness (QED) is 0.859. The number of rotatable bonds is 3. The molecular formula is C11H12F2N4O. The van der Waals surface area contributed by atoms with Crippen LogP contribution in [-0.4, -0.2) is 22.0 Å². The van der Waals surface area contributed by atoms with E-state index in [1.807, 2.05) is 0 Å². The Morgan fingerprint density at radius 3 is 2.89 bits per heavy atom. The van der Waals surface area contributed by atoms with Crippen molar-refractivity contribution < 1.29 is 13.6 Å². The van der Waals surface area contributed by atoms with Gasteiger partial charge in [-0.25, -0.2) is 13.8 Å². The van der Waals surface area contributed by atoms with E-state index in [2.05, 4.69) is 10.3 Å². The molecule has 0 atom stereocenters. The van der Waals surface area contributed by atoms with Gasteiger partial charge in [0.05, 0.1) is 5.52 Å². The summed E-state index contributed by atoms with van der Waals surface area (Å²) in [7, 11) is 0. The number of anilines is 1. The summed E-state index contributed by atoms with van der Waals surface area (Å²) < 4.78 is 28.0. The minimum atomic E-state index is -1.05. The Morgan fingerprint density at radius 2 is 2.22 bits per heavy atom. The Balaban J connectivity index is 2.52. The molecule has 0 unspecified atom stereocenters. The lowest BCUT2D eigenvalue weighted by molar-refractivity contribution is -0.121. The zero-order valence-corrected chi connectivity index (χ0v) is 9.70. The number of carbonyl (C=O) groups excluding carboxylic acids is 1. The van der Waals surface area contributed by atoms with Gasteiger partial charge in [0.15, 0.2) is 11.6 Å². The highest BCUT2D eigenvalue weighted by Gasteiger charge is 2.17. The number of nitrogens with one attached hydrogen (secondary N) is 1. The molecule has 3 N–H and O–H groups in total. The van der Waals surface area contributed by atoms with E-state index in [9.17, 15) is 13.6 Å². The molecule has 0 radical (unpaired) electrons. The molecule has 5 nitrogen and oxygen atoms in total. The number of fused-ring (bicyclic) bond motifs is 1. The van der Waals surface area contributed by atoms with Gasteiger partial charge in [0.2, 0.25) is 11.9 Å². The largest absolute Gasteiger partial charge is 0.369 e. The van der Waals surface area contributed by atoms with Gasteiger partial charge < -0.3 is 11.1 Å². The number of likely N-dealkylation sites (N-methyl/N-ethyl adjacent to an activating group) is 1. The number of benzene rings is 1. The van der Waals surface area contributed by atoms with E-state index in [-0.39, 0.29) is 29.4 Å². The lowest BCUT2D eigenvalue weighted by Gasteiger charge is -2.07. The molecule has 18 heavy (non-hydrogen) atoms. The van der Waals surface area contributed by atoms with Crippen molar-refractivity contribution in [3.05, 3.63) is 23.8 Å². The fourth-order valence-electron chi connectivity index (χ4n) is 1.73. The molecule has 0 aliphatic heterocycles. The predicted molar refractivity (Wildman–Crippen MR) is 62.7 cm³/mol. The van der Waals surface area contributed by atoms with Gasteiger partial charge in [-0.05, 0) is 19.1 Å². The number of hydrogen-bond acceptors (Lipinski definition) is 3. The van der Waals surface area contributed by atoms with Crippen molar-refractivity contribution >= 4 is 22.9 Å². The van der Waals surface area contributed by atoms with Gasteiger partial charge in [-0.1, -0.05) is 0 Å². The lowest BCUT2D eigenvalue weighted by atomic mass is 10.3. The maximum absolute atomic E-state index is 13.7. The van der Waals surface area contributed by atoms with Crippen LogP contribution in [0.1, 0.15) is 6.92 Å². The standard InChI is InChI=1S/C11H12F2N4O/c1-2-15-8(18)5-17-10-7(16-11(17)14)4-3-6(12)9(10)13/h3-4H,2,5H2,1H3,(H2,14,16)(H,15,18). The summed E-state index contributed by atoms with van der Waals surface area (Å²) >= 11 is 0. The van der Waals surface area contributed by atoms with Gasteiger partial charge in [-0.15, -0.1) is 0 Å². The van der Waals surface area contributed by atoms with Crippen LogP contribution in [0.2, 0.25) is 0 Å². The second-order valence-electron chi connectivity index (χ2n) is 3.74. The number of nitrogen functional groups attached to an aromatic ring is 1. The van der Waals surface area contributed by atoms with Crippen LogP contribution >= 0.6 is 0 Å². The van der Waals surface area contributed by atoms with Crippen LogP contribution in [0.4, 0.5) is 14.7 Å². The Morgan fingerprint density at radius 1 is 1.50 bits per heavy atom. The number of halogens is 2. The molecule has 1 heterocycles. The second-order valence-corrected chi connectivity index (χ2v) is 3.74. The minimum absolute atomic E-state index is 0.0271. The van der Waals surface area contributed by atoms with E-state index in [0.717, 1.165) is 10.6 Å². The van der Waals surface area contributed by atoms with Crippen molar-refractivity contribution in [1.29, 1.82) is 0 Å². The third-order valence-corrected chi connectivity index (χ3v) is 2.50. The summed E-state index contributed by atoms with van der Waals surface area (Å²) in [6.45, 7) is 2.01. The third-order valence-electron chi connectivity index (χ3n) is 2.50. The maximum atomic E-state index is 13.7. The molecule has 0 spiro atoms. The van der Waals surface area contributed by atoms with E-state index < -0.39 is 11.6 Å². The molecule has 2 aromatic rings.